The Morgan fingerprint density at radius 3 is 2.57 bits per heavy atom. The summed E-state index contributed by atoms with van der Waals surface area (Å²) >= 11 is 0. The van der Waals surface area contributed by atoms with Gasteiger partial charge in [0.2, 0.25) is 0 Å². The summed E-state index contributed by atoms with van der Waals surface area (Å²) in [6, 6.07) is 3.12. The van der Waals surface area contributed by atoms with Gasteiger partial charge in [0.05, 0.1) is 5.69 Å². The maximum Gasteiger partial charge on any atom is 0.142 e. The van der Waals surface area contributed by atoms with Crippen LogP contribution in [0.15, 0.2) is 12.1 Å². The van der Waals surface area contributed by atoms with E-state index in [-0.39, 0.29) is 11.5 Å². The Bertz CT molecular complexity index is 310. The number of phenolic OH excluding ortho intramolecular Hbond substituents is 2. The second-order valence-corrected chi connectivity index (χ2v) is 3.44. The van der Waals surface area contributed by atoms with E-state index >= 15 is 0 Å². The van der Waals surface area contributed by atoms with Crippen LogP contribution in [0.25, 0.3) is 0 Å². The first-order chi connectivity index (χ1) is 6.65. The summed E-state index contributed by atoms with van der Waals surface area (Å²) in [7, 11) is 0. The standard InChI is InChI=1S/C11H17NO2/c1-3-4-5-12-9-6-8(2)10(13)7-11(9)14/h6-7,12-14H,3-5H2,1-2H3. The molecule has 3 N–H and O–H groups in total. The Balaban J connectivity index is 2.72. The molecule has 0 saturated heterocycles. The fraction of sp³-hybridized carbons (Fsp3) is 0.455. The van der Waals surface area contributed by atoms with Gasteiger partial charge in [-0.05, 0) is 25.0 Å². The molecule has 0 aliphatic heterocycles. The Labute approximate surface area is 84.4 Å². The number of hydrogen-bond acceptors (Lipinski definition) is 3. The number of aryl methyl sites for hydroxylation is 1. The zero-order valence-corrected chi connectivity index (χ0v) is 8.67. The van der Waals surface area contributed by atoms with Crippen molar-refractivity contribution in [1.29, 1.82) is 0 Å². The van der Waals surface area contributed by atoms with Gasteiger partial charge in [0, 0.05) is 12.6 Å². The second kappa shape index (κ2) is 4.74. The first-order valence-corrected chi connectivity index (χ1v) is 4.91. The topological polar surface area (TPSA) is 52.5 Å². The van der Waals surface area contributed by atoms with Crippen molar-refractivity contribution in [3.8, 4) is 11.5 Å². The van der Waals surface area contributed by atoms with Gasteiger partial charge in [-0.3, -0.25) is 0 Å². The zero-order chi connectivity index (χ0) is 10.6. The summed E-state index contributed by atoms with van der Waals surface area (Å²) in [5.41, 5.74) is 1.45. The van der Waals surface area contributed by atoms with Gasteiger partial charge in [0.15, 0.2) is 0 Å². The molecular formula is C11H17NO2. The zero-order valence-electron chi connectivity index (χ0n) is 8.67. The maximum atomic E-state index is 9.49. The van der Waals surface area contributed by atoms with Gasteiger partial charge in [-0.1, -0.05) is 13.3 Å². The van der Waals surface area contributed by atoms with Crippen molar-refractivity contribution in [1.82, 2.24) is 0 Å². The molecule has 0 aromatic heterocycles. The van der Waals surface area contributed by atoms with E-state index in [1.807, 2.05) is 0 Å². The number of rotatable bonds is 4. The van der Waals surface area contributed by atoms with E-state index in [1.165, 1.54) is 6.07 Å². The third kappa shape index (κ3) is 2.55. The van der Waals surface area contributed by atoms with Crippen molar-refractivity contribution >= 4 is 5.69 Å². The van der Waals surface area contributed by atoms with E-state index in [1.54, 1.807) is 13.0 Å². The highest BCUT2D eigenvalue weighted by molar-refractivity contribution is 5.60. The Morgan fingerprint density at radius 1 is 1.21 bits per heavy atom. The number of hydrogen-bond donors (Lipinski definition) is 3. The number of nitrogens with one attached hydrogen (secondary N) is 1. The molecule has 0 fully saturated rings. The normalized spacial score (nSPS) is 10.1. The van der Waals surface area contributed by atoms with Crippen LogP contribution in [0.1, 0.15) is 25.3 Å². The van der Waals surface area contributed by atoms with E-state index < -0.39 is 0 Å². The molecule has 0 amide bonds. The molecule has 3 nitrogen and oxygen atoms in total. The number of benzene rings is 1. The lowest BCUT2D eigenvalue weighted by Crippen LogP contribution is -2.01. The van der Waals surface area contributed by atoms with Crippen molar-refractivity contribution < 1.29 is 10.2 Å². The van der Waals surface area contributed by atoms with Crippen LogP contribution < -0.4 is 5.32 Å². The van der Waals surface area contributed by atoms with Crippen molar-refractivity contribution in [3.05, 3.63) is 17.7 Å². The molecule has 78 valence electrons. The van der Waals surface area contributed by atoms with Crippen LogP contribution >= 0.6 is 0 Å². The minimum absolute atomic E-state index is 0.101. The fourth-order valence-electron chi connectivity index (χ4n) is 1.23. The van der Waals surface area contributed by atoms with Crippen molar-refractivity contribution in [2.24, 2.45) is 0 Å². The van der Waals surface area contributed by atoms with Crippen LogP contribution in [0.2, 0.25) is 0 Å². The molecular weight excluding hydrogens is 178 g/mol. The average Bonchev–Trinajstić information content (AvgIpc) is 2.14. The van der Waals surface area contributed by atoms with Gasteiger partial charge in [-0.15, -0.1) is 0 Å². The highest BCUT2D eigenvalue weighted by Gasteiger charge is 2.04. The average molecular weight is 195 g/mol. The molecule has 0 aliphatic rings. The Hall–Kier alpha value is -1.38. The summed E-state index contributed by atoms with van der Waals surface area (Å²) in [5.74, 6) is 0.229. The molecule has 14 heavy (non-hydrogen) atoms. The van der Waals surface area contributed by atoms with Crippen LogP contribution in [0.5, 0.6) is 11.5 Å². The molecule has 0 saturated carbocycles. The third-order valence-electron chi connectivity index (χ3n) is 2.16. The van der Waals surface area contributed by atoms with E-state index in [4.69, 9.17) is 0 Å². The summed E-state index contributed by atoms with van der Waals surface area (Å²) in [4.78, 5) is 0. The predicted octanol–water partition coefficient (Wildman–Crippen LogP) is 2.62. The van der Waals surface area contributed by atoms with Gasteiger partial charge in [0.1, 0.15) is 11.5 Å². The first-order valence-electron chi connectivity index (χ1n) is 4.91. The first kappa shape index (κ1) is 10.7. The molecule has 0 heterocycles. The monoisotopic (exact) mass is 195 g/mol. The number of aromatic hydroxyl groups is 2. The number of anilines is 1. The predicted molar refractivity (Wildman–Crippen MR) is 57.9 cm³/mol. The van der Waals surface area contributed by atoms with E-state index in [0.717, 1.165) is 24.9 Å². The molecule has 1 rings (SSSR count). The third-order valence-corrected chi connectivity index (χ3v) is 2.16. The van der Waals surface area contributed by atoms with Crippen LogP contribution in [0.3, 0.4) is 0 Å². The van der Waals surface area contributed by atoms with E-state index in [0.29, 0.717) is 5.69 Å². The lowest BCUT2D eigenvalue weighted by atomic mass is 10.2. The van der Waals surface area contributed by atoms with Gasteiger partial charge in [-0.2, -0.15) is 0 Å². The Kier molecular flexibility index (Phi) is 3.63. The highest BCUT2D eigenvalue weighted by atomic mass is 16.3. The van der Waals surface area contributed by atoms with E-state index in [9.17, 15) is 10.2 Å². The van der Waals surface area contributed by atoms with Gasteiger partial charge < -0.3 is 15.5 Å². The molecule has 3 heteroatoms. The van der Waals surface area contributed by atoms with Crippen molar-refractivity contribution in [2.75, 3.05) is 11.9 Å². The van der Waals surface area contributed by atoms with E-state index in [2.05, 4.69) is 12.2 Å². The summed E-state index contributed by atoms with van der Waals surface area (Å²) < 4.78 is 0. The minimum atomic E-state index is 0.101. The van der Waals surface area contributed by atoms with Crippen molar-refractivity contribution in [2.45, 2.75) is 26.7 Å². The Morgan fingerprint density at radius 2 is 1.93 bits per heavy atom. The van der Waals surface area contributed by atoms with Crippen LogP contribution in [-0.4, -0.2) is 16.8 Å². The second-order valence-electron chi connectivity index (χ2n) is 3.44. The van der Waals surface area contributed by atoms with Gasteiger partial charge in [0.25, 0.3) is 0 Å². The van der Waals surface area contributed by atoms with Crippen LogP contribution in [0, 0.1) is 6.92 Å². The molecule has 0 atom stereocenters. The fourth-order valence-corrected chi connectivity index (χ4v) is 1.23. The summed E-state index contributed by atoms with van der Waals surface area (Å²) in [5, 5.41) is 21.9. The molecule has 0 spiro atoms. The van der Waals surface area contributed by atoms with Crippen LogP contribution in [-0.2, 0) is 0 Å². The lowest BCUT2D eigenvalue weighted by molar-refractivity contribution is 0.449. The SMILES string of the molecule is CCCCNc1cc(C)c(O)cc1O. The molecule has 1 aromatic carbocycles. The number of unbranched alkanes of at least 4 members (excludes halogenated alkanes) is 1. The largest absolute Gasteiger partial charge is 0.508 e. The molecule has 0 radical (unpaired) electrons. The molecule has 1 aromatic rings. The minimum Gasteiger partial charge on any atom is -0.508 e. The van der Waals surface area contributed by atoms with Crippen LogP contribution in [0.4, 0.5) is 5.69 Å². The smallest absolute Gasteiger partial charge is 0.142 e. The molecule has 0 bridgehead atoms. The highest BCUT2D eigenvalue weighted by Crippen LogP contribution is 2.30. The van der Waals surface area contributed by atoms with Crippen molar-refractivity contribution in [3.63, 3.8) is 0 Å². The molecule has 0 aliphatic carbocycles. The quantitative estimate of drug-likeness (QED) is 0.393. The molecule has 0 unspecified atom stereocenters. The van der Waals surface area contributed by atoms with Gasteiger partial charge >= 0.3 is 0 Å². The summed E-state index contributed by atoms with van der Waals surface area (Å²) in [6.07, 6.45) is 2.18. The van der Waals surface area contributed by atoms with Gasteiger partial charge in [-0.25, -0.2) is 0 Å². The summed E-state index contributed by atoms with van der Waals surface area (Å²) in [6.45, 7) is 4.76. The maximum absolute atomic E-state index is 9.49. The number of phenols is 2. The lowest BCUT2D eigenvalue weighted by Gasteiger charge is -2.09.